The Morgan fingerprint density at radius 1 is 1.27 bits per heavy atom. The minimum Gasteiger partial charge on any atom is -0.467 e. The Labute approximate surface area is 130 Å². The first-order valence-electron chi connectivity index (χ1n) is 6.89. The fourth-order valence-corrected chi connectivity index (χ4v) is 2.03. The lowest BCUT2D eigenvalue weighted by molar-refractivity contribution is -0.147. The third kappa shape index (κ3) is 4.86. The number of nitrogens with zero attached hydrogens (tertiary/aromatic N) is 1. The maximum Gasteiger partial charge on any atom is 0.328 e. The van der Waals surface area contributed by atoms with Crippen molar-refractivity contribution >= 4 is 11.9 Å². The highest BCUT2D eigenvalue weighted by molar-refractivity contribution is 5.87. The predicted octanol–water partition coefficient (Wildman–Crippen LogP) is 1.58. The molecule has 0 aliphatic carbocycles. The average Bonchev–Trinajstić information content (AvgIpc) is 2.55. The van der Waals surface area contributed by atoms with E-state index in [0.29, 0.717) is 5.56 Å². The molecule has 0 aliphatic rings. The van der Waals surface area contributed by atoms with Gasteiger partial charge in [0.1, 0.15) is 6.04 Å². The van der Waals surface area contributed by atoms with Gasteiger partial charge < -0.3 is 14.8 Å². The zero-order valence-corrected chi connectivity index (χ0v) is 12.9. The van der Waals surface area contributed by atoms with Gasteiger partial charge in [0, 0.05) is 13.0 Å². The summed E-state index contributed by atoms with van der Waals surface area (Å²) in [6.45, 7) is 1.67. The van der Waals surface area contributed by atoms with Crippen molar-refractivity contribution in [3.63, 3.8) is 0 Å². The summed E-state index contributed by atoms with van der Waals surface area (Å²) < 4.78 is 9.89. The van der Waals surface area contributed by atoms with Gasteiger partial charge in [-0.15, -0.1) is 0 Å². The molecule has 0 aromatic heterocycles. The number of amides is 1. The van der Waals surface area contributed by atoms with Gasteiger partial charge in [-0.1, -0.05) is 30.3 Å². The second-order valence-corrected chi connectivity index (χ2v) is 4.88. The number of carbonyl (C=O) groups excluding carboxylic acids is 2. The van der Waals surface area contributed by atoms with Gasteiger partial charge in [0.15, 0.2) is 6.10 Å². The summed E-state index contributed by atoms with van der Waals surface area (Å²) in [4.78, 5) is 24.1. The van der Waals surface area contributed by atoms with E-state index in [1.807, 2.05) is 12.1 Å². The van der Waals surface area contributed by atoms with Gasteiger partial charge >= 0.3 is 5.97 Å². The van der Waals surface area contributed by atoms with E-state index in [0.717, 1.165) is 0 Å². The third-order valence-electron chi connectivity index (χ3n) is 3.19. The molecule has 0 saturated heterocycles. The quantitative estimate of drug-likeness (QED) is 0.773. The maximum atomic E-state index is 12.3. The molecule has 118 valence electrons. The van der Waals surface area contributed by atoms with Gasteiger partial charge in [-0.25, -0.2) is 4.79 Å². The van der Waals surface area contributed by atoms with Gasteiger partial charge in [-0.05, 0) is 18.9 Å². The summed E-state index contributed by atoms with van der Waals surface area (Å²) >= 11 is 0. The second-order valence-electron chi connectivity index (χ2n) is 4.88. The highest BCUT2D eigenvalue weighted by Gasteiger charge is 2.28. The summed E-state index contributed by atoms with van der Waals surface area (Å²) in [5.74, 6) is -1.42. The van der Waals surface area contributed by atoms with Gasteiger partial charge in [-0.2, -0.15) is 5.26 Å². The monoisotopic (exact) mass is 304 g/mol. The molecule has 0 aliphatic heterocycles. The predicted molar refractivity (Wildman–Crippen MR) is 79.5 cm³/mol. The van der Waals surface area contributed by atoms with E-state index < -0.39 is 24.0 Å². The third-order valence-corrected chi connectivity index (χ3v) is 3.19. The van der Waals surface area contributed by atoms with Crippen LogP contribution in [0, 0.1) is 17.2 Å². The van der Waals surface area contributed by atoms with E-state index in [1.54, 1.807) is 31.2 Å². The number of esters is 1. The SMILES string of the molecule is COC(=O)[C@@H](C[C@H](C)C#N)NC(=O)[C@@H](OC)c1ccccc1. The lowest BCUT2D eigenvalue weighted by atomic mass is 10.0. The molecular formula is C16H20N2O4. The summed E-state index contributed by atoms with van der Waals surface area (Å²) in [5, 5.41) is 11.5. The Morgan fingerprint density at radius 2 is 1.91 bits per heavy atom. The van der Waals surface area contributed by atoms with E-state index in [4.69, 9.17) is 10.00 Å². The topological polar surface area (TPSA) is 88.4 Å². The van der Waals surface area contributed by atoms with Crippen LogP contribution in [0.3, 0.4) is 0 Å². The number of nitriles is 1. The average molecular weight is 304 g/mol. The van der Waals surface area contributed by atoms with Gasteiger partial charge in [-0.3, -0.25) is 4.79 Å². The molecule has 1 aromatic rings. The van der Waals surface area contributed by atoms with Crippen molar-refractivity contribution in [1.29, 1.82) is 5.26 Å². The summed E-state index contributed by atoms with van der Waals surface area (Å²) in [6, 6.07) is 10.1. The number of hydrogen-bond acceptors (Lipinski definition) is 5. The Hall–Kier alpha value is -2.39. The van der Waals surface area contributed by atoms with Gasteiger partial charge in [0.05, 0.1) is 13.2 Å². The van der Waals surface area contributed by atoms with Crippen molar-refractivity contribution in [2.45, 2.75) is 25.5 Å². The lowest BCUT2D eigenvalue weighted by Crippen LogP contribution is -2.44. The molecule has 6 heteroatoms. The minimum absolute atomic E-state index is 0.181. The van der Waals surface area contributed by atoms with Crippen LogP contribution in [0.5, 0.6) is 0 Å². The molecule has 1 N–H and O–H groups in total. The summed E-state index contributed by atoms with van der Waals surface area (Å²) in [7, 11) is 2.66. The van der Waals surface area contributed by atoms with E-state index >= 15 is 0 Å². The first-order valence-corrected chi connectivity index (χ1v) is 6.89. The van der Waals surface area contributed by atoms with Gasteiger partial charge in [0.2, 0.25) is 0 Å². The van der Waals surface area contributed by atoms with Crippen LogP contribution in [0.15, 0.2) is 30.3 Å². The van der Waals surface area contributed by atoms with E-state index in [1.165, 1.54) is 14.2 Å². The van der Waals surface area contributed by atoms with Crippen LogP contribution >= 0.6 is 0 Å². The van der Waals surface area contributed by atoms with Crippen molar-refractivity contribution < 1.29 is 19.1 Å². The van der Waals surface area contributed by atoms with Crippen molar-refractivity contribution in [2.75, 3.05) is 14.2 Å². The number of carbonyl (C=O) groups is 2. The molecular weight excluding hydrogens is 284 g/mol. The second kappa shape index (κ2) is 8.80. The van der Waals surface area contributed by atoms with E-state index in [2.05, 4.69) is 10.1 Å². The Kier molecular flexibility index (Phi) is 7.06. The fraction of sp³-hybridized carbons (Fsp3) is 0.438. The largest absolute Gasteiger partial charge is 0.467 e. The van der Waals surface area contributed by atoms with Crippen molar-refractivity contribution in [2.24, 2.45) is 5.92 Å². The number of rotatable bonds is 7. The molecule has 0 unspecified atom stereocenters. The molecule has 0 saturated carbocycles. The standard InChI is InChI=1S/C16H20N2O4/c1-11(10-17)9-13(16(20)22-3)18-15(19)14(21-2)12-7-5-4-6-8-12/h4-8,11,13-14H,9H2,1-3H3,(H,18,19)/t11-,13+,14-/m0/s1. The van der Waals surface area contributed by atoms with Crippen LogP contribution in [0.25, 0.3) is 0 Å². The Morgan fingerprint density at radius 3 is 2.41 bits per heavy atom. The van der Waals surface area contributed by atoms with Crippen LogP contribution in [0.2, 0.25) is 0 Å². The smallest absolute Gasteiger partial charge is 0.328 e. The lowest BCUT2D eigenvalue weighted by Gasteiger charge is -2.21. The van der Waals surface area contributed by atoms with Crippen LogP contribution in [-0.4, -0.2) is 32.1 Å². The first-order chi connectivity index (χ1) is 10.5. The van der Waals surface area contributed by atoms with Crippen molar-refractivity contribution in [3.8, 4) is 6.07 Å². The molecule has 0 bridgehead atoms. The zero-order chi connectivity index (χ0) is 16.5. The fourth-order valence-electron chi connectivity index (χ4n) is 2.03. The minimum atomic E-state index is -0.881. The van der Waals surface area contributed by atoms with Crippen LogP contribution in [0.4, 0.5) is 0 Å². The van der Waals surface area contributed by atoms with Crippen LogP contribution in [0.1, 0.15) is 25.0 Å². The van der Waals surface area contributed by atoms with Crippen LogP contribution < -0.4 is 5.32 Å². The summed E-state index contributed by atoms with van der Waals surface area (Å²) in [5.41, 5.74) is 0.680. The van der Waals surface area contributed by atoms with Crippen molar-refractivity contribution in [1.82, 2.24) is 5.32 Å². The molecule has 0 radical (unpaired) electrons. The molecule has 0 spiro atoms. The molecule has 0 fully saturated rings. The molecule has 1 aromatic carbocycles. The molecule has 1 rings (SSSR count). The molecule has 6 nitrogen and oxygen atoms in total. The van der Waals surface area contributed by atoms with Crippen molar-refractivity contribution in [3.05, 3.63) is 35.9 Å². The molecule has 3 atom stereocenters. The van der Waals surface area contributed by atoms with Gasteiger partial charge in [0.25, 0.3) is 5.91 Å². The highest BCUT2D eigenvalue weighted by atomic mass is 16.5. The molecule has 22 heavy (non-hydrogen) atoms. The molecule has 0 heterocycles. The zero-order valence-electron chi connectivity index (χ0n) is 12.9. The number of nitrogens with one attached hydrogen (secondary N) is 1. The first kappa shape index (κ1) is 17.7. The Bertz CT molecular complexity index is 539. The number of benzene rings is 1. The number of methoxy groups -OCH3 is 2. The molecule has 1 amide bonds. The van der Waals surface area contributed by atoms with E-state index in [9.17, 15) is 9.59 Å². The maximum absolute atomic E-state index is 12.3. The van der Waals surface area contributed by atoms with Crippen LogP contribution in [-0.2, 0) is 19.1 Å². The number of ether oxygens (including phenoxy) is 2. The Balaban J connectivity index is 2.85. The number of hydrogen-bond donors (Lipinski definition) is 1. The van der Waals surface area contributed by atoms with E-state index in [-0.39, 0.29) is 12.3 Å². The normalized spacial score (nSPS) is 14.3. The highest BCUT2D eigenvalue weighted by Crippen LogP contribution is 2.17. The summed E-state index contributed by atoms with van der Waals surface area (Å²) in [6.07, 6.45) is -0.647.